The van der Waals surface area contributed by atoms with E-state index in [1.54, 1.807) is 0 Å². The Labute approximate surface area is 104 Å². The Bertz CT molecular complexity index is 266. The van der Waals surface area contributed by atoms with Crippen molar-refractivity contribution < 1.29 is 12.3 Å². The fourth-order valence-corrected chi connectivity index (χ4v) is 11.3. The Morgan fingerprint density at radius 3 is 2.62 bits per heavy atom. The topological polar surface area (TPSA) is 27.7 Å². The summed E-state index contributed by atoms with van der Waals surface area (Å²) in [5.41, 5.74) is 0.608. The van der Waals surface area contributed by atoms with E-state index in [1.807, 2.05) is 0 Å². The normalized spacial score (nSPS) is 49.1. The van der Waals surface area contributed by atoms with Crippen molar-refractivity contribution in [2.45, 2.75) is 39.2 Å². The van der Waals surface area contributed by atoms with Gasteiger partial charge in [0.1, 0.15) is 0 Å². The summed E-state index contributed by atoms with van der Waals surface area (Å²) < 4.78 is 16.9. The van der Waals surface area contributed by atoms with E-state index in [0.29, 0.717) is 5.41 Å². The highest BCUT2D eigenvalue weighted by atomic mass is 28.4. The molecule has 16 heavy (non-hydrogen) atoms. The van der Waals surface area contributed by atoms with Crippen molar-refractivity contribution in [2.24, 2.45) is 23.2 Å². The first-order chi connectivity index (χ1) is 7.68. The molecule has 3 saturated carbocycles. The van der Waals surface area contributed by atoms with Gasteiger partial charge in [0.2, 0.25) is 0 Å². The smallest absolute Gasteiger partial charge is 0.303 e. The summed E-state index contributed by atoms with van der Waals surface area (Å²) in [6.07, 6.45) is 4.35. The van der Waals surface area contributed by atoms with Gasteiger partial charge in [0.25, 0.3) is 20.0 Å². The molecule has 1 heterocycles. The third kappa shape index (κ3) is 1.89. The van der Waals surface area contributed by atoms with Crippen LogP contribution in [0.25, 0.3) is 0 Å². The van der Waals surface area contributed by atoms with E-state index in [-0.39, 0.29) is 0 Å². The second-order valence-corrected chi connectivity index (χ2v) is 12.2. The summed E-state index contributed by atoms with van der Waals surface area (Å²) in [5, 5.41) is 0. The molecule has 0 amide bonds. The van der Waals surface area contributed by atoms with E-state index in [1.165, 1.54) is 25.3 Å². The van der Waals surface area contributed by atoms with Crippen LogP contribution >= 0.6 is 0 Å². The van der Waals surface area contributed by atoms with Gasteiger partial charge < -0.3 is 12.3 Å². The number of hydrogen-bond acceptors (Lipinski definition) is 3. The standard InChI is InChI=1S/C10H22O3Si3/c1-10(2)8-4-3-7(9(10)5-8)6-16-12-14-11-15-13-16/h7-9,16H,3-6,14-15H2,1-2H3. The monoisotopic (exact) mass is 274 g/mol. The molecule has 92 valence electrons. The van der Waals surface area contributed by atoms with Crippen molar-refractivity contribution in [2.75, 3.05) is 0 Å². The van der Waals surface area contributed by atoms with Gasteiger partial charge in [0.15, 0.2) is 0 Å². The molecule has 0 N–H and O–H groups in total. The fourth-order valence-electron chi connectivity index (χ4n) is 3.96. The Hall–Kier alpha value is 0.531. The molecular weight excluding hydrogens is 252 g/mol. The van der Waals surface area contributed by atoms with Crippen LogP contribution in [-0.4, -0.2) is 29.3 Å². The van der Waals surface area contributed by atoms with Crippen molar-refractivity contribution in [3.8, 4) is 0 Å². The molecule has 0 aromatic heterocycles. The Balaban J connectivity index is 1.58. The van der Waals surface area contributed by atoms with E-state index in [9.17, 15) is 0 Å². The summed E-state index contributed by atoms with van der Waals surface area (Å²) in [5.74, 6) is 2.87. The molecule has 4 aliphatic rings. The molecule has 0 aromatic rings. The van der Waals surface area contributed by atoms with Gasteiger partial charge in [-0.3, -0.25) is 0 Å². The zero-order chi connectivity index (χ0) is 11.2. The van der Waals surface area contributed by atoms with Crippen LogP contribution in [0.4, 0.5) is 0 Å². The van der Waals surface area contributed by atoms with Gasteiger partial charge in [0, 0.05) is 0 Å². The first-order valence-corrected chi connectivity index (χ1v) is 10.6. The van der Waals surface area contributed by atoms with Crippen LogP contribution < -0.4 is 0 Å². The predicted octanol–water partition coefficient (Wildman–Crippen LogP) is 0.340. The van der Waals surface area contributed by atoms with Crippen molar-refractivity contribution in [1.82, 2.24) is 0 Å². The van der Waals surface area contributed by atoms with Crippen LogP contribution in [0.2, 0.25) is 6.04 Å². The quantitative estimate of drug-likeness (QED) is 0.680. The molecule has 1 saturated heterocycles. The summed E-state index contributed by atoms with van der Waals surface area (Å²) in [6.45, 7) is 4.93. The Morgan fingerprint density at radius 2 is 2.00 bits per heavy atom. The van der Waals surface area contributed by atoms with Gasteiger partial charge in [-0.2, -0.15) is 0 Å². The Kier molecular flexibility index (Phi) is 3.14. The summed E-state index contributed by atoms with van der Waals surface area (Å²) in [6, 6.07) is 1.27. The minimum absolute atomic E-state index is 0.608. The van der Waals surface area contributed by atoms with Gasteiger partial charge in [0.05, 0.1) is 0 Å². The van der Waals surface area contributed by atoms with Crippen LogP contribution in [0, 0.1) is 23.2 Å². The predicted molar refractivity (Wildman–Crippen MR) is 70.4 cm³/mol. The van der Waals surface area contributed by atoms with Gasteiger partial charge in [-0.25, -0.2) is 0 Å². The van der Waals surface area contributed by atoms with E-state index < -0.39 is 29.3 Å². The van der Waals surface area contributed by atoms with E-state index in [0.717, 1.165) is 17.8 Å². The maximum Gasteiger partial charge on any atom is 0.303 e. The van der Waals surface area contributed by atoms with E-state index in [2.05, 4.69) is 13.8 Å². The molecule has 3 aliphatic carbocycles. The fraction of sp³-hybridized carbons (Fsp3) is 1.00. The molecule has 3 nitrogen and oxygen atoms in total. The van der Waals surface area contributed by atoms with Gasteiger partial charge >= 0.3 is 9.28 Å². The molecule has 6 heteroatoms. The van der Waals surface area contributed by atoms with Crippen molar-refractivity contribution in [3.63, 3.8) is 0 Å². The largest absolute Gasteiger partial charge is 0.425 e. The first kappa shape index (κ1) is 11.6. The summed E-state index contributed by atoms with van der Waals surface area (Å²) in [7, 11) is -2.51. The molecule has 4 fully saturated rings. The lowest BCUT2D eigenvalue weighted by atomic mass is 9.46. The van der Waals surface area contributed by atoms with Crippen molar-refractivity contribution in [3.05, 3.63) is 0 Å². The van der Waals surface area contributed by atoms with E-state index >= 15 is 0 Å². The maximum atomic E-state index is 5.78. The van der Waals surface area contributed by atoms with Crippen LogP contribution in [0.3, 0.4) is 0 Å². The third-order valence-electron chi connectivity index (χ3n) is 5.17. The lowest BCUT2D eigenvalue weighted by Crippen LogP contribution is -2.53. The zero-order valence-electron chi connectivity index (χ0n) is 10.3. The molecule has 3 atom stereocenters. The van der Waals surface area contributed by atoms with E-state index in [4.69, 9.17) is 12.3 Å². The Morgan fingerprint density at radius 1 is 1.25 bits per heavy atom. The van der Waals surface area contributed by atoms with Gasteiger partial charge in [-0.15, -0.1) is 0 Å². The minimum Gasteiger partial charge on any atom is -0.425 e. The highest BCUT2D eigenvalue weighted by Crippen LogP contribution is 2.62. The lowest BCUT2D eigenvalue weighted by molar-refractivity contribution is -0.0999. The van der Waals surface area contributed by atoms with Crippen molar-refractivity contribution >= 4 is 29.3 Å². The SMILES string of the molecule is CC1(C)C2CCC(C[SiH]3O[SiH2]O[SiH2]O3)C1C2. The number of fused-ring (bicyclic) bond motifs is 2. The molecule has 4 rings (SSSR count). The van der Waals surface area contributed by atoms with Crippen LogP contribution in [0.5, 0.6) is 0 Å². The molecule has 1 aliphatic heterocycles. The molecule has 3 unspecified atom stereocenters. The summed E-state index contributed by atoms with van der Waals surface area (Å²) in [4.78, 5) is 0. The highest BCUT2D eigenvalue weighted by Gasteiger charge is 2.54. The molecule has 0 spiro atoms. The molecule has 0 radical (unpaired) electrons. The van der Waals surface area contributed by atoms with Gasteiger partial charge in [-0.1, -0.05) is 13.8 Å². The molecule has 0 aromatic carbocycles. The van der Waals surface area contributed by atoms with Gasteiger partial charge in [-0.05, 0) is 48.5 Å². The maximum absolute atomic E-state index is 5.78. The van der Waals surface area contributed by atoms with Crippen molar-refractivity contribution in [1.29, 1.82) is 0 Å². The second kappa shape index (κ2) is 4.33. The lowest BCUT2D eigenvalue weighted by Gasteiger charge is -2.60. The molecular formula is C10H22O3Si3. The number of rotatable bonds is 2. The highest BCUT2D eigenvalue weighted by molar-refractivity contribution is 6.61. The average molecular weight is 275 g/mol. The third-order valence-corrected chi connectivity index (χ3v) is 11.6. The van der Waals surface area contributed by atoms with Crippen LogP contribution in [0.1, 0.15) is 33.1 Å². The van der Waals surface area contributed by atoms with Crippen LogP contribution in [-0.2, 0) is 12.3 Å². The average Bonchev–Trinajstić information content (AvgIpc) is 2.30. The first-order valence-electron chi connectivity index (χ1n) is 6.49. The number of hydrogen-bond donors (Lipinski definition) is 0. The zero-order valence-corrected chi connectivity index (χ0v) is 14.3. The molecule has 2 bridgehead atoms. The summed E-state index contributed by atoms with van der Waals surface area (Å²) >= 11 is 0. The minimum atomic E-state index is -1.27. The van der Waals surface area contributed by atoms with Crippen LogP contribution in [0.15, 0.2) is 0 Å². The second-order valence-electron chi connectivity index (χ2n) is 6.14.